The number of imidazole rings is 1. The normalized spacial score (nSPS) is 13.1. The summed E-state index contributed by atoms with van der Waals surface area (Å²) >= 11 is 0. The highest BCUT2D eigenvalue weighted by atomic mass is 16.1. The van der Waals surface area contributed by atoms with Crippen molar-refractivity contribution >= 4 is 28.6 Å². The molecule has 32 heavy (non-hydrogen) atoms. The Balaban J connectivity index is 1.49. The zero-order chi connectivity index (χ0) is 22.1. The number of nitriles is 1. The van der Waals surface area contributed by atoms with E-state index >= 15 is 0 Å². The largest absolute Gasteiger partial charge is 0.370 e. The van der Waals surface area contributed by atoms with Crippen LogP contribution in [-0.4, -0.2) is 25.4 Å². The van der Waals surface area contributed by atoms with Crippen LogP contribution in [0.3, 0.4) is 0 Å². The molecule has 1 amide bonds. The fourth-order valence-corrected chi connectivity index (χ4v) is 3.75. The molecule has 0 radical (unpaired) electrons. The van der Waals surface area contributed by atoms with Gasteiger partial charge in [-0.05, 0) is 60.7 Å². The van der Waals surface area contributed by atoms with Gasteiger partial charge in [-0.15, -0.1) is 0 Å². The van der Waals surface area contributed by atoms with Crippen molar-refractivity contribution in [1.82, 2.24) is 19.5 Å². The topological polar surface area (TPSA) is 123 Å². The van der Waals surface area contributed by atoms with Gasteiger partial charge in [-0.2, -0.15) is 5.26 Å². The lowest BCUT2D eigenvalue weighted by Gasteiger charge is -2.11. The number of carbonyl (C=O) groups excluding carboxylic acids is 1. The van der Waals surface area contributed by atoms with E-state index in [1.54, 1.807) is 24.7 Å². The van der Waals surface area contributed by atoms with Crippen LogP contribution in [0.2, 0.25) is 0 Å². The molecule has 1 saturated carbocycles. The highest BCUT2D eigenvalue weighted by molar-refractivity contribution is 5.82. The first-order valence-corrected chi connectivity index (χ1v) is 10.5. The Bertz CT molecular complexity index is 1360. The molecule has 8 nitrogen and oxygen atoms in total. The summed E-state index contributed by atoms with van der Waals surface area (Å²) in [5, 5.41) is 12.4. The Hall–Kier alpha value is -4.25. The fraction of sp³-hybridized carbons (Fsp3) is 0.208. The number of hydrogen-bond donors (Lipinski definition) is 2. The first-order chi connectivity index (χ1) is 15.6. The Labute approximate surface area is 184 Å². The third-order valence-electron chi connectivity index (χ3n) is 5.56. The summed E-state index contributed by atoms with van der Waals surface area (Å²) in [6.07, 6.45) is 5.96. The van der Waals surface area contributed by atoms with Crippen LogP contribution in [-0.2, 0) is 11.3 Å². The third-order valence-corrected chi connectivity index (χ3v) is 5.56. The molecule has 3 aromatic heterocycles. The standard InChI is InChI=1S/C24H21N7O/c25-13-15-5-7-27-23(9-15)30-24-12-18(16-1-2-16)11-19(29-24)17-3-4-21-20(10-17)28-14-31(21)8-6-22(26)32/h3-5,7,9-12,14,16H,1-2,6,8H2,(H2,26,32)(H,27,29,30). The van der Waals surface area contributed by atoms with Crippen molar-refractivity contribution in [2.24, 2.45) is 5.73 Å². The number of amides is 1. The van der Waals surface area contributed by atoms with Crippen LogP contribution in [0.5, 0.6) is 0 Å². The quantitative estimate of drug-likeness (QED) is 0.465. The summed E-state index contributed by atoms with van der Waals surface area (Å²) in [5.41, 5.74) is 10.6. The third kappa shape index (κ3) is 4.14. The van der Waals surface area contributed by atoms with Crippen molar-refractivity contribution in [2.45, 2.75) is 31.7 Å². The second-order valence-corrected chi connectivity index (χ2v) is 7.97. The van der Waals surface area contributed by atoms with Gasteiger partial charge in [0.2, 0.25) is 5.91 Å². The van der Waals surface area contributed by atoms with Crippen LogP contribution in [0.15, 0.2) is 55.0 Å². The lowest BCUT2D eigenvalue weighted by Crippen LogP contribution is -2.13. The molecule has 0 atom stereocenters. The predicted octanol–water partition coefficient (Wildman–Crippen LogP) is 3.86. The van der Waals surface area contributed by atoms with E-state index in [0.717, 1.165) is 22.3 Å². The molecule has 3 heterocycles. The number of benzene rings is 1. The number of rotatable bonds is 7. The molecule has 1 fully saturated rings. The van der Waals surface area contributed by atoms with Gasteiger partial charge in [-0.25, -0.2) is 15.0 Å². The molecule has 3 N–H and O–H groups in total. The summed E-state index contributed by atoms with van der Waals surface area (Å²) in [7, 11) is 0. The smallest absolute Gasteiger partial charge is 0.219 e. The molecule has 0 unspecified atom stereocenters. The lowest BCUT2D eigenvalue weighted by atomic mass is 10.1. The van der Waals surface area contributed by atoms with Crippen LogP contribution in [0.4, 0.5) is 11.6 Å². The van der Waals surface area contributed by atoms with E-state index < -0.39 is 0 Å². The number of primary amides is 1. The molecule has 1 aliphatic carbocycles. The fourth-order valence-electron chi connectivity index (χ4n) is 3.75. The minimum absolute atomic E-state index is 0.272. The number of pyridine rings is 2. The molecule has 5 rings (SSSR count). The van der Waals surface area contributed by atoms with Crippen molar-refractivity contribution < 1.29 is 4.79 Å². The first-order valence-electron chi connectivity index (χ1n) is 10.5. The highest BCUT2D eigenvalue weighted by Gasteiger charge is 2.25. The zero-order valence-electron chi connectivity index (χ0n) is 17.3. The van der Waals surface area contributed by atoms with Gasteiger partial charge in [0, 0.05) is 24.7 Å². The molecule has 0 aliphatic heterocycles. The Morgan fingerprint density at radius 1 is 1.16 bits per heavy atom. The van der Waals surface area contributed by atoms with Crippen LogP contribution < -0.4 is 11.1 Å². The summed E-state index contributed by atoms with van der Waals surface area (Å²) in [6, 6.07) is 15.7. The molecule has 0 saturated heterocycles. The maximum Gasteiger partial charge on any atom is 0.219 e. The average Bonchev–Trinajstić information content (AvgIpc) is 3.58. The zero-order valence-corrected chi connectivity index (χ0v) is 17.3. The van der Waals surface area contributed by atoms with Crippen molar-refractivity contribution in [1.29, 1.82) is 5.26 Å². The molecule has 8 heteroatoms. The van der Waals surface area contributed by atoms with E-state index in [2.05, 4.69) is 33.5 Å². The summed E-state index contributed by atoms with van der Waals surface area (Å²) in [6.45, 7) is 0.503. The molecular weight excluding hydrogens is 402 g/mol. The van der Waals surface area contributed by atoms with Gasteiger partial charge < -0.3 is 15.6 Å². The maximum atomic E-state index is 11.1. The second-order valence-electron chi connectivity index (χ2n) is 7.97. The SMILES string of the molecule is N#Cc1ccnc(Nc2cc(C3CC3)cc(-c3ccc4c(c3)ncn4CCC(N)=O)n2)c1. The van der Waals surface area contributed by atoms with E-state index in [4.69, 9.17) is 16.0 Å². The summed E-state index contributed by atoms with van der Waals surface area (Å²) < 4.78 is 1.93. The van der Waals surface area contributed by atoms with Gasteiger partial charge in [-0.3, -0.25) is 4.79 Å². The van der Waals surface area contributed by atoms with Gasteiger partial charge in [0.1, 0.15) is 11.6 Å². The molecule has 1 aliphatic rings. The number of nitrogens with zero attached hydrogens (tertiary/aromatic N) is 5. The number of fused-ring (bicyclic) bond motifs is 1. The Kier molecular flexibility index (Phi) is 5.00. The molecule has 4 aromatic rings. The van der Waals surface area contributed by atoms with E-state index in [-0.39, 0.29) is 12.3 Å². The Morgan fingerprint density at radius 3 is 2.81 bits per heavy atom. The number of aromatic nitrogens is 4. The number of nitrogens with one attached hydrogen (secondary N) is 1. The van der Waals surface area contributed by atoms with Gasteiger partial charge in [0.15, 0.2) is 0 Å². The highest BCUT2D eigenvalue weighted by Crippen LogP contribution is 2.42. The van der Waals surface area contributed by atoms with Crippen molar-refractivity contribution in [2.75, 3.05) is 5.32 Å². The predicted molar refractivity (Wildman–Crippen MR) is 121 cm³/mol. The lowest BCUT2D eigenvalue weighted by molar-refractivity contribution is -0.118. The van der Waals surface area contributed by atoms with E-state index in [1.165, 1.54) is 18.4 Å². The second kappa shape index (κ2) is 8.12. The maximum absolute atomic E-state index is 11.1. The molecule has 0 bridgehead atoms. The molecule has 1 aromatic carbocycles. The van der Waals surface area contributed by atoms with Crippen molar-refractivity contribution in [3.8, 4) is 17.3 Å². The van der Waals surface area contributed by atoms with Crippen molar-refractivity contribution in [3.63, 3.8) is 0 Å². The van der Waals surface area contributed by atoms with Gasteiger partial charge >= 0.3 is 0 Å². The molecule has 0 spiro atoms. The van der Waals surface area contributed by atoms with E-state index in [0.29, 0.717) is 29.7 Å². The van der Waals surface area contributed by atoms with E-state index in [9.17, 15) is 4.79 Å². The molecule has 158 valence electrons. The summed E-state index contributed by atoms with van der Waals surface area (Å²) in [4.78, 5) is 24.7. The van der Waals surface area contributed by atoms with Crippen molar-refractivity contribution in [3.05, 3.63) is 66.1 Å². The molecular formula is C24H21N7O. The number of aryl methyl sites for hydroxylation is 1. The Morgan fingerprint density at radius 2 is 2.03 bits per heavy atom. The van der Waals surface area contributed by atoms with Crippen LogP contribution in [0, 0.1) is 11.3 Å². The number of anilines is 2. The number of carbonyl (C=O) groups is 1. The first kappa shape index (κ1) is 19.7. The van der Waals surface area contributed by atoms with Gasteiger partial charge in [0.25, 0.3) is 0 Å². The number of hydrogen-bond acceptors (Lipinski definition) is 6. The number of nitrogens with two attached hydrogens (primary N) is 1. The minimum atomic E-state index is -0.334. The van der Waals surface area contributed by atoms with Gasteiger partial charge in [0.05, 0.1) is 34.7 Å². The monoisotopic (exact) mass is 423 g/mol. The summed E-state index contributed by atoms with van der Waals surface area (Å²) in [5.74, 6) is 1.49. The van der Waals surface area contributed by atoms with Crippen LogP contribution >= 0.6 is 0 Å². The van der Waals surface area contributed by atoms with Crippen LogP contribution in [0.1, 0.15) is 36.3 Å². The van der Waals surface area contributed by atoms with Crippen LogP contribution in [0.25, 0.3) is 22.3 Å². The average molecular weight is 423 g/mol. The van der Waals surface area contributed by atoms with Gasteiger partial charge in [-0.1, -0.05) is 6.07 Å². The minimum Gasteiger partial charge on any atom is -0.370 e. The van der Waals surface area contributed by atoms with E-state index in [1.807, 2.05) is 22.8 Å².